The van der Waals surface area contributed by atoms with Gasteiger partial charge < -0.3 is 5.32 Å². The minimum Gasteiger partial charge on any atom is -0.310 e. The van der Waals surface area contributed by atoms with Gasteiger partial charge in [-0.25, -0.2) is 13.9 Å². The van der Waals surface area contributed by atoms with E-state index in [9.17, 15) is 9.18 Å². The summed E-state index contributed by atoms with van der Waals surface area (Å²) >= 11 is 0. The Kier molecular flexibility index (Phi) is 4.12. The van der Waals surface area contributed by atoms with E-state index in [0.29, 0.717) is 11.5 Å². The Hall–Kier alpha value is -3.54. The van der Waals surface area contributed by atoms with Crippen molar-refractivity contribution in [2.45, 2.75) is 19.3 Å². The highest BCUT2D eigenvalue weighted by Gasteiger charge is 2.44. The zero-order chi connectivity index (χ0) is 20.0. The van der Waals surface area contributed by atoms with Gasteiger partial charge in [0, 0.05) is 23.6 Å². The Morgan fingerprint density at radius 1 is 1.10 bits per heavy atom. The number of rotatable bonds is 4. The molecule has 0 aliphatic heterocycles. The first-order valence-electron chi connectivity index (χ1n) is 9.58. The second kappa shape index (κ2) is 6.81. The number of hydrogen-bond donors (Lipinski definition) is 1. The zero-order valence-corrected chi connectivity index (χ0v) is 15.8. The first kappa shape index (κ1) is 17.6. The van der Waals surface area contributed by atoms with Crippen LogP contribution in [0, 0.1) is 18.7 Å². The number of nitrogens with one attached hydrogen (secondary N) is 1. The summed E-state index contributed by atoms with van der Waals surface area (Å²) in [6.07, 6.45) is 0.761. The van der Waals surface area contributed by atoms with E-state index >= 15 is 0 Å². The minimum atomic E-state index is -0.266. The number of nitrogens with zero attached hydrogens (tertiary/aromatic N) is 3. The molecule has 2 aromatic carbocycles. The molecule has 1 aliphatic rings. The third-order valence-corrected chi connectivity index (χ3v) is 5.30. The molecule has 2 atom stereocenters. The Labute approximate surface area is 167 Å². The molecule has 4 aromatic rings. The van der Waals surface area contributed by atoms with Crippen LogP contribution < -0.4 is 5.32 Å². The number of aryl methyl sites for hydroxylation is 1. The van der Waals surface area contributed by atoms with Gasteiger partial charge in [0.2, 0.25) is 5.91 Å². The van der Waals surface area contributed by atoms with Crippen molar-refractivity contribution in [3.63, 3.8) is 0 Å². The molecule has 1 aliphatic carbocycles. The van der Waals surface area contributed by atoms with Crippen LogP contribution in [0.15, 0.2) is 66.7 Å². The summed E-state index contributed by atoms with van der Waals surface area (Å²) in [5, 5.41) is 7.49. The van der Waals surface area contributed by atoms with E-state index in [4.69, 9.17) is 0 Å². The smallest absolute Gasteiger partial charge is 0.229 e. The summed E-state index contributed by atoms with van der Waals surface area (Å²) in [6.45, 7) is 1.92. The molecule has 0 radical (unpaired) electrons. The summed E-state index contributed by atoms with van der Waals surface area (Å²) < 4.78 is 14.9. The lowest BCUT2D eigenvalue weighted by Gasteiger charge is -2.09. The van der Waals surface area contributed by atoms with Crippen molar-refractivity contribution in [1.29, 1.82) is 0 Å². The fourth-order valence-electron chi connectivity index (χ4n) is 3.75. The van der Waals surface area contributed by atoms with Crippen molar-refractivity contribution < 1.29 is 9.18 Å². The van der Waals surface area contributed by atoms with Gasteiger partial charge in [0.25, 0.3) is 0 Å². The molecular formula is C23H19FN4O. The van der Waals surface area contributed by atoms with Crippen molar-refractivity contribution in [3.05, 3.63) is 83.8 Å². The van der Waals surface area contributed by atoms with Crippen LogP contribution in [-0.4, -0.2) is 20.5 Å². The van der Waals surface area contributed by atoms with Crippen molar-refractivity contribution in [2.24, 2.45) is 5.92 Å². The van der Waals surface area contributed by atoms with Crippen LogP contribution in [0.4, 0.5) is 10.2 Å². The van der Waals surface area contributed by atoms with Crippen LogP contribution in [0.3, 0.4) is 0 Å². The van der Waals surface area contributed by atoms with Gasteiger partial charge in [-0.1, -0.05) is 42.5 Å². The van der Waals surface area contributed by atoms with Crippen LogP contribution >= 0.6 is 0 Å². The minimum absolute atomic E-state index is 0.0635. The SMILES string of the molecule is Cc1cc2nc(NC(=O)[C@@H]3C[C@H]3c3ccc(F)cc3)cc(-c3ccccc3)n2n1. The van der Waals surface area contributed by atoms with Gasteiger partial charge in [0.15, 0.2) is 5.65 Å². The lowest BCUT2D eigenvalue weighted by atomic mass is 10.1. The molecule has 0 unspecified atom stereocenters. The van der Waals surface area contributed by atoms with Gasteiger partial charge in [-0.2, -0.15) is 5.10 Å². The first-order chi connectivity index (χ1) is 14.1. The van der Waals surface area contributed by atoms with Crippen molar-refractivity contribution >= 4 is 17.4 Å². The van der Waals surface area contributed by atoms with E-state index in [-0.39, 0.29) is 23.6 Å². The highest BCUT2D eigenvalue weighted by molar-refractivity contribution is 5.95. The molecule has 29 heavy (non-hydrogen) atoms. The molecule has 0 bridgehead atoms. The molecule has 5 nitrogen and oxygen atoms in total. The molecule has 1 saturated carbocycles. The van der Waals surface area contributed by atoms with Crippen molar-refractivity contribution in [2.75, 3.05) is 5.32 Å². The maximum Gasteiger partial charge on any atom is 0.229 e. The third kappa shape index (κ3) is 3.38. The molecule has 2 heterocycles. The maximum atomic E-state index is 13.1. The number of benzene rings is 2. The largest absolute Gasteiger partial charge is 0.310 e. The van der Waals surface area contributed by atoms with E-state index in [1.807, 2.05) is 49.4 Å². The molecule has 5 rings (SSSR count). The zero-order valence-electron chi connectivity index (χ0n) is 15.8. The van der Waals surface area contributed by atoms with Gasteiger partial charge in [-0.15, -0.1) is 0 Å². The predicted octanol–water partition coefficient (Wildman–Crippen LogP) is 4.59. The molecule has 2 aromatic heterocycles. The van der Waals surface area contributed by atoms with Gasteiger partial charge in [0.1, 0.15) is 11.6 Å². The average molecular weight is 386 g/mol. The molecule has 1 fully saturated rings. The summed E-state index contributed by atoms with van der Waals surface area (Å²) in [5.74, 6) is 0.185. The number of fused-ring (bicyclic) bond motifs is 1. The molecule has 1 amide bonds. The number of hydrogen-bond acceptors (Lipinski definition) is 3. The van der Waals surface area contributed by atoms with Crippen molar-refractivity contribution in [3.8, 4) is 11.3 Å². The average Bonchev–Trinajstić information content (AvgIpc) is 3.43. The van der Waals surface area contributed by atoms with Crippen LogP contribution in [-0.2, 0) is 4.79 Å². The number of amides is 1. The van der Waals surface area contributed by atoms with Crippen LogP contribution in [0.5, 0.6) is 0 Å². The van der Waals surface area contributed by atoms with Crippen LogP contribution in [0.2, 0.25) is 0 Å². The standard InChI is InChI=1S/C23H19FN4O/c1-14-11-22-25-21(13-20(28(22)27-14)16-5-3-2-4-6-16)26-23(29)19-12-18(19)15-7-9-17(24)10-8-15/h2-11,13,18-19H,12H2,1H3,(H,25,26,29)/t18-,19+/m0/s1. The maximum absolute atomic E-state index is 13.1. The summed E-state index contributed by atoms with van der Waals surface area (Å²) in [7, 11) is 0. The van der Waals surface area contributed by atoms with E-state index in [2.05, 4.69) is 15.4 Å². The third-order valence-electron chi connectivity index (χ3n) is 5.30. The Bertz CT molecular complexity index is 1200. The Morgan fingerprint density at radius 3 is 2.62 bits per heavy atom. The molecule has 144 valence electrons. The number of anilines is 1. The van der Waals surface area contributed by atoms with E-state index in [0.717, 1.165) is 28.9 Å². The topological polar surface area (TPSA) is 59.3 Å². The van der Waals surface area contributed by atoms with Gasteiger partial charge in [-0.05, 0) is 37.0 Å². The van der Waals surface area contributed by atoms with Gasteiger partial charge >= 0.3 is 0 Å². The number of carbonyl (C=O) groups excluding carboxylic acids is 1. The van der Waals surface area contributed by atoms with E-state index in [1.54, 1.807) is 16.6 Å². The van der Waals surface area contributed by atoms with Gasteiger partial charge in [-0.3, -0.25) is 4.79 Å². The molecule has 6 heteroatoms. The highest BCUT2D eigenvalue weighted by atomic mass is 19.1. The summed E-state index contributed by atoms with van der Waals surface area (Å²) in [4.78, 5) is 17.3. The van der Waals surface area contributed by atoms with E-state index < -0.39 is 0 Å². The van der Waals surface area contributed by atoms with Crippen LogP contribution in [0.25, 0.3) is 16.9 Å². The first-order valence-corrected chi connectivity index (χ1v) is 9.58. The lowest BCUT2D eigenvalue weighted by molar-refractivity contribution is -0.117. The number of aromatic nitrogens is 3. The molecule has 1 N–H and O–H groups in total. The highest BCUT2D eigenvalue weighted by Crippen LogP contribution is 2.48. The Morgan fingerprint density at radius 2 is 1.86 bits per heavy atom. The lowest BCUT2D eigenvalue weighted by Crippen LogP contribution is -2.16. The molecular weight excluding hydrogens is 367 g/mol. The molecule has 0 spiro atoms. The number of halogens is 1. The summed E-state index contributed by atoms with van der Waals surface area (Å²) in [5.41, 5.74) is 4.40. The fraction of sp³-hybridized carbons (Fsp3) is 0.174. The number of carbonyl (C=O) groups is 1. The summed E-state index contributed by atoms with van der Waals surface area (Å²) in [6, 6.07) is 20.0. The fourth-order valence-corrected chi connectivity index (χ4v) is 3.75. The van der Waals surface area contributed by atoms with Crippen molar-refractivity contribution in [1.82, 2.24) is 14.6 Å². The predicted molar refractivity (Wildman–Crippen MR) is 109 cm³/mol. The van der Waals surface area contributed by atoms with Crippen LogP contribution in [0.1, 0.15) is 23.6 Å². The molecule has 0 saturated heterocycles. The van der Waals surface area contributed by atoms with E-state index in [1.165, 1.54) is 12.1 Å². The second-order valence-electron chi connectivity index (χ2n) is 7.44. The Balaban J connectivity index is 1.42. The second-order valence-corrected chi connectivity index (χ2v) is 7.44. The van der Waals surface area contributed by atoms with Gasteiger partial charge in [0.05, 0.1) is 11.4 Å². The normalized spacial score (nSPS) is 18.0. The quantitative estimate of drug-likeness (QED) is 0.558. The monoisotopic (exact) mass is 386 g/mol.